The summed E-state index contributed by atoms with van der Waals surface area (Å²) < 4.78 is 19.0. The smallest absolute Gasteiger partial charge is 0.307 e. The number of rotatable bonds is 22. The number of nitrogens with one attached hydrogen (secondary N) is 2. The maximum absolute atomic E-state index is 11.5. The summed E-state index contributed by atoms with van der Waals surface area (Å²) in [6, 6.07) is 0. The summed E-state index contributed by atoms with van der Waals surface area (Å²) >= 11 is 0. The Balaban J connectivity index is 4.40. The molecule has 0 bridgehead atoms. The maximum Gasteiger partial charge on any atom is 0.307 e. The Kier molecular flexibility index (Phi) is 20.8. The zero-order valence-corrected chi connectivity index (χ0v) is 21.8. The molecule has 0 radical (unpaired) electrons. The summed E-state index contributed by atoms with van der Waals surface area (Å²) in [5, 5.41) is 6.59. The molecule has 12 heteroatoms. The molecule has 0 fully saturated rings. The van der Waals surface area contributed by atoms with Crippen LogP contribution in [0.25, 0.3) is 0 Å². The Hall–Kier alpha value is -2.28. The van der Waals surface area contributed by atoms with Crippen molar-refractivity contribution in [1.82, 2.24) is 20.4 Å². The Morgan fingerprint density at radius 3 is 1.29 bits per heavy atom. The molecule has 0 amide bonds. The van der Waals surface area contributed by atoms with Crippen molar-refractivity contribution in [1.29, 1.82) is 0 Å². The molecule has 0 heterocycles. The summed E-state index contributed by atoms with van der Waals surface area (Å²) in [7, 11) is 4.08. The minimum atomic E-state index is -0.293. The Labute approximate surface area is 208 Å². The van der Waals surface area contributed by atoms with E-state index in [4.69, 9.17) is 18.9 Å². The van der Waals surface area contributed by atoms with Gasteiger partial charge in [0.2, 0.25) is 0 Å². The Bertz CT molecular complexity index is 586. The van der Waals surface area contributed by atoms with Crippen LogP contribution in [-0.4, -0.2) is 127 Å². The largest absolute Gasteiger partial charge is 0.469 e. The summed E-state index contributed by atoms with van der Waals surface area (Å²) in [6.45, 7) is 8.39. The van der Waals surface area contributed by atoms with E-state index in [1.165, 1.54) is 21.3 Å². The Morgan fingerprint density at radius 1 is 0.543 bits per heavy atom. The third-order valence-corrected chi connectivity index (χ3v) is 5.21. The normalized spacial score (nSPS) is 10.9. The van der Waals surface area contributed by atoms with Crippen LogP contribution in [0.4, 0.5) is 0 Å². The number of carbonyl (C=O) groups excluding carboxylic acids is 4. The molecule has 35 heavy (non-hydrogen) atoms. The fourth-order valence-corrected chi connectivity index (χ4v) is 3.11. The average Bonchev–Trinajstić information content (AvgIpc) is 2.86. The lowest BCUT2D eigenvalue weighted by Crippen LogP contribution is -2.40. The van der Waals surface area contributed by atoms with Gasteiger partial charge >= 0.3 is 23.9 Å². The van der Waals surface area contributed by atoms with Crippen molar-refractivity contribution in [3.63, 3.8) is 0 Å². The topological polar surface area (TPSA) is 136 Å². The second kappa shape index (κ2) is 22.2. The van der Waals surface area contributed by atoms with Crippen LogP contribution in [0.5, 0.6) is 0 Å². The van der Waals surface area contributed by atoms with E-state index in [0.717, 1.165) is 6.54 Å². The third kappa shape index (κ3) is 19.7. The zero-order chi connectivity index (χ0) is 26.3. The molecular weight excluding hydrogens is 460 g/mol. The lowest BCUT2D eigenvalue weighted by molar-refractivity contribution is -0.143. The van der Waals surface area contributed by atoms with Crippen LogP contribution in [-0.2, 0) is 38.1 Å². The zero-order valence-electron chi connectivity index (χ0n) is 21.8. The van der Waals surface area contributed by atoms with Gasteiger partial charge in [0.1, 0.15) is 0 Å². The molecule has 0 unspecified atom stereocenters. The molecule has 0 aromatic heterocycles. The van der Waals surface area contributed by atoms with Crippen molar-refractivity contribution in [2.45, 2.75) is 32.6 Å². The highest BCUT2D eigenvalue weighted by Crippen LogP contribution is 1.98. The fourth-order valence-electron chi connectivity index (χ4n) is 3.11. The van der Waals surface area contributed by atoms with Crippen molar-refractivity contribution in [2.75, 3.05) is 93.4 Å². The maximum atomic E-state index is 11.5. The van der Waals surface area contributed by atoms with E-state index in [2.05, 4.69) is 15.5 Å². The molecule has 0 atom stereocenters. The van der Waals surface area contributed by atoms with Gasteiger partial charge in [0.05, 0.1) is 53.6 Å². The van der Waals surface area contributed by atoms with E-state index in [-0.39, 0.29) is 36.7 Å². The number of esters is 4. The van der Waals surface area contributed by atoms with Crippen molar-refractivity contribution in [3.8, 4) is 0 Å². The highest BCUT2D eigenvalue weighted by Gasteiger charge is 2.12. The quantitative estimate of drug-likeness (QED) is 0.111. The molecule has 0 rings (SSSR count). The van der Waals surface area contributed by atoms with Gasteiger partial charge in [-0.05, 0) is 6.92 Å². The van der Waals surface area contributed by atoms with E-state index in [0.29, 0.717) is 78.4 Å². The van der Waals surface area contributed by atoms with Crippen LogP contribution in [0.1, 0.15) is 32.6 Å². The minimum absolute atomic E-state index is 0.223. The summed E-state index contributed by atoms with van der Waals surface area (Å²) in [4.78, 5) is 50.0. The van der Waals surface area contributed by atoms with Crippen LogP contribution in [0.15, 0.2) is 0 Å². The van der Waals surface area contributed by atoms with Gasteiger partial charge in [-0.3, -0.25) is 19.2 Å². The third-order valence-electron chi connectivity index (χ3n) is 5.21. The van der Waals surface area contributed by atoms with Crippen LogP contribution >= 0.6 is 0 Å². The first kappa shape index (κ1) is 32.7. The molecule has 0 saturated heterocycles. The molecule has 0 aliphatic rings. The van der Waals surface area contributed by atoms with E-state index in [9.17, 15) is 19.2 Å². The van der Waals surface area contributed by atoms with Crippen LogP contribution in [0, 0.1) is 0 Å². The molecule has 2 N–H and O–H groups in total. The van der Waals surface area contributed by atoms with Gasteiger partial charge in [0.25, 0.3) is 0 Å². The molecular formula is C23H44N4O8. The molecule has 204 valence electrons. The summed E-state index contributed by atoms with van der Waals surface area (Å²) in [5.74, 6) is -1.07. The van der Waals surface area contributed by atoms with Crippen LogP contribution < -0.4 is 10.6 Å². The molecule has 0 spiro atoms. The van der Waals surface area contributed by atoms with Gasteiger partial charge in [-0.25, -0.2) is 0 Å². The Morgan fingerprint density at radius 2 is 0.914 bits per heavy atom. The van der Waals surface area contributed by atoms with Gasteiger partial charge in [-0.1, -0.05) is 0 Å². The standard InChI is InChI=1S/C23H44N4O8/c1-5-35-23(31)6-10-24-11-18-27(16-9-22(30)34-4)19-13-25-12-17-26(14-7-20(28)32-2)15-8-21(29)33-3/h24-25H,5-19H2,1-4H3. The molecule has 12 nitrogen and oxygen atoms in total. The average molecular weight is 505 g/mol. The molecule has 0 aliphatic heterocycles. The molecule has 0 aliphatic carbocycles. The number of methoxy groups -OCH3 is 3. The van der Waals surface area contributed by atoms with Crippen LogP contribution in [0.2, 0.25) is 0 Å². The SMILES string of the molecule is CCOC(=O)CCNCCN(CCNCCN(CCC(=O)OC)CCC(=O)OC)CCC(=O)OC. The van der Waals surface area contributed by atoms with Gasteiger partial charge in [0.15, 0.2) is 0 Å². The monoisotopic (exact) mass is 504 g/mol. The first-order chi connectivity index (χ1) is 16.9. The van der Waals surface area contributed by atoms with E-state index < -0.39 is 0 Å². The minimum Gasteiger partial charge on any atom is -0.469 e. The lowest BCUT2D eigenvalue weighted by Gasteiger charge is -2.24. The molecule has 0 aromatic rings. The van der Waals surface area contributed by atoms with Crippen molar-refractivity contribution >= 4 is 23.9 Å². The predicted octanol–water partition coefficient (Wildman–Crippen LogP) is -0.588. The highest BCUT2D eigenvalue weighted by molar-refractivity contribution is 5.70. The summed E-state index contributed by atoms with van der Waals surface area (Å²) in [6.07, 6.45) is 1.12. The number of carbonyl (C=O) groups is 4. The fraction of sp³-hybridized carbons (Fsp3) is 0.826. The second-order valence-corrected chi connectivity index (χ2v) is 7.72. The number of nitrogens with zero attached hydrogens (tertiary/aromatic N) is 2. The van der Waals surface area contributed by atoms with Gasteiger partial charge < -0.3 is 39.4 Å². The number of hydrogen-bond donors (Lipinski definition) is 2. The van der Waals surface area contributed by atoms with Crippen LogP contribution in [0.3, 0.4) is 0 Å². The van der Waals surface area contributed by atoms with Crippen molar-refractivity contribution in [3.05, 3.63) is 0 Å². The van der Waals surface area contributed by atoms with E-state index >= 15 is 0 Å². The molecule has 0 saturated carbocycles. The van der Waals surface area contributed by atoms with Crippen molar-refractivity contribution < 1.29 is 38.1 Å². The highest BCUT2D eigenvalue weighted by atomic mass is 16.5. The van der Waals surface area contributed by atoms with E-state index in [1.807, 2.05) is 4.90 Å². The van der Waals surface area contributed by atoms with Gasteiger partial charge in [-0.2, -0.15) is 0 Å². The first-order valence-electron chi connectivity index (χ1n) is 12.1. The van der Waals surface area contributed by atoms with Gasteiger partial charge in [-0.15, -0.1) is 0 Å². The number of hydrogen-bond acceptors (Lipinski definition) is 12. The second-order valence-electron chi connectivity index (χ2n) is 7.72. The summed E-state index contributed by atoms with van der Waals surface area (Å²) in [5.41, 5.74) is 0. The first-order valence-corrected chi connectivity index (χ1v) is 12.1. The molecule has 0 aromatic carbocycles. The predicted molar refractivity (Wildman–Crippen MR) is 130 cm³/mol. The van der Waals surface area contributed by atoms with Crippen molar-refractivity contribution in [2.24, 2.45) is 0 Å². The van der Waals surface area contributed by atoms with E-state index in [1.54, 1.807) is 6.92 Å². The number of ether oxygens (including phenoxy) is 4. The van der Waals surface area contributed by atoms with Gasteiger partial charge in [0, 0.05) is 65.4 Å². The lowest BCUT2D eigenvalue weighted by atomic mass is 10.3.